The molecule has 1 fully saturated rings. The summed E-state index contributed by atoms with van der Waals surface area (Å²) in [5, 5.41) is 0. The van der Waals surface area contributed by atoms with Crippen LogP contribution in [0.3, 0.4) is 0 Å². The van der Waals surface area contributed by atoms with Crippen molar-refractivity contribution in [3.63, 3.8) is 0 Å². The van der Waals surface area contributed by atoms with Crippen molar-refractivity contribution >= 4 is 16.2 Å². The summed E-state index contributed by atoms with van der Waals surface area (Å²) in [5.74, 6) is -0.679. The van der Waals surface area contributed by atoms with Gasteiger partial charge in [-0.15, -0.1) is 0 Å². The minimum atomic E-state index is -3.40. The standard InChI is InChI=1S/C7H14N2O4S/c1-8-14(11,12)9-4-3-6(5-9)7(10)13-2/h6,8H,3-5H2,1-2H3. The molecule has 1 aliphatic heterocycles. The molecule has 0 aliphatic carbocycles. The van der Waals surface area contributed by atoms with E-state index in [1.54, 1.807) is 0 Å². The second-order valence-electron chi connectivity index (χ2n) is 3.08. The van der Waals surface area contributed by atoms with Crippen LogP contribution >= 0.6 is 0 Å². The fourth-order valence-electron chi connectivity index (χ4n) is 1.43. The highest BCUT2D eigenvalue weighted by Gasteiger charge is 2.34. The van der Waals surface area contributed by atoms with Crippen LogP contribution in [-0.4, -0.2) is 45.9 Å². The van der Waals surface area contributed by atoms with Crippen molar-refractivity contribution in [3.8, 4) is 0 Å². The molecule has 0 amide bonds. The summed E-state index contributed by atoms with van der Waals surface area (Å²) in [6.07, 6.45) is 0.521. The smallest absolute Gasteiger partial charge is 0.310 e. The van der Waals surface area contributed by atoms with E-state index in [0.717, 1.165) is 0 Å². The summed E-state index contributed by atoms with van der Waals surface area (Å²) in [5.41, 5.74) is 0. The summed E-state index contributed by atoms with van der Waals surface area (Å²) in [7, 11) is -0.746. The third-order valence-electron chi connectivity index (χ3n) is 2.28. The van der Waals surface area contributed by atoms with Crippen LogP contribution in [0, 0.1) is 5.92 Å². The van der Waals surface area contributed by atoms with Gasteiger partial charge in [0.1, 0.15) is 0 Å². The minimum absolute atomic E-state index is 0.204. The number of methoxy groups -OCH3 is 1. The number of nitrogens with one attached hydrogen (secondary N) is 1. The third-order valence-corrected chi connectivity index (χ3v) is 3.81. The first-order chi connectivity index (χ1) is 6.51. The van der Waals surface area contributed by atoms with Crippen molar-refractivity contribution < 1.29 is 17.9 Å². The van der Waals surface area contributed by atoms with Gasteiger partial charge in [-0.05, 0) is 6.42 Å². The van der Waals surface area contributed by atoms with Gasteiger partial charge in [0.2, 0.25) is 0 Å². The van der Waals surface area contributed by atoms with Gasteiger partial charge in [-0.25, -0.2) is 4.72 Å². The largest absolute Gasteiger partial charge is 0.469 e. The average molecular weight is 222 g/mol. The molecule has 0 radical (unpaired) electrons. The van der Waals surface area contributed by atoms with E-state index in [9.17, 15) is 13.2 Å². The lowest BCUT2D eigenvalue weighted by atomic mass is 10.1. The molecule has 1 atom stereocenters. The van der Waals surface area contributed by atoms with Gasteiger partial charge in [0, 0.05) is 20.1 Å². The molecule has 0 aromatic rings. The van der Waals surface area contributed by atoms with Gasteiger partial charge in [0.15, 0.2) is 0 Å². The van der Waals surface area contributed by atoms with Gasteiger partial charge in [-0.3, -0.25) is 4.79 Å². The molecule has 1 unspecified atom stereocenters. The molecule has 0 saturated carbocycles. The molecule has 1 heterocycles. The van der Waals surface area contributed by atoms with Crippen molar-refractivity contribution in [2.45, 2.75) is 6.42 Å². The van der Waals surface area contributed by atoms with Gasteiger partial charge in [0.25, 0.3) is 10.2 Å². The summed E-state index contributed by atoms with van der Waals surface area (Å²) in [4.78, 5) is 11.1. The van der Waals surface area contributed by atoms with Crippen LogP contribution in [0.15, 0.2) is 0 Å². The maximum atomic E-state index is 11.3. The van der Waals surface area contributed by atoms with Crippen LogP contribution in [0.25, 0.3) is 0 Å². The molecule has 0 bridgehead atoms. The molecule has 7 heteroatoms. The van der Waals surface area contributed by atoms with E-state index >= 15 is 0 Å². The van der Waals surface area contributed by atoms with Crippen LogP contribution in [0.4, 0.5) is 0 Å². The number of rotatable bonds is 3. The van der Waals surface area contributed by atoms with Gasteiger partial charge in [-0.1, -0.05) is 0 Å². The predicted octanol–water partition coefficient (Wildman–Crippen LogP) is -1.05. The zero-order valence-electron chi connectivity index (χ0n) is 8.19. The maximum Gasteiger partial charge on any atom is 0.310 e. The zero-order valence-corrected chi connectivity index (χ0v) is 9.00. The van der Waals surface area contributed by atoms with E-state index in [4.69, 9.17) is 0 Å². The van der Waals surface area contributed by atoms with Crippen molar-refractivity contribution in [3.05, 3.63) is 0 Å². The Morgan fingerprint density at radius 1 is 1.57 bits per heavy atom. The predicted molar refractivity (Wildman–Crippen MR) is 49.7 cm³/mol. The lowest BCUT2D eigenvalue weighted by Crippen LogP contribution is -2.37. The molecule has 14 heavy (non-hydrogen) atoms. The average Bonchev–Trinajstić information content (AvgIpc) is 2.66. The highest BCUT2D eigenvalue weighted by molar-refractivity contribution is 7.87. The van der Waals surface area contributed by atoms with Gasteiger partial charge < -0.3 is 4.74 Å². The Labute approximate surface area is 83.4 Å². The highest BCUT2D eigenvalue weighted by Crippen LogP contribution is 2.19. The van der Waals surface area contributed by atoms with Crippen LogP contribution in [0.5, 0.6) is 0 Å². The Bertz CT molecular complexity index is 314. The SMILES string of the molecule is CNS(=O)(=O)N1CCC(C(=O)OC)C1. The van der Waals surface area contributed by atoms with Crippen molar-refractivity contribution in [1.29, 1.82) is 0 Å². The zero-order chi connectivity index (χ0) is 10.8. The second-order valence-corrected chi connectivity index (χ2v) is 4.95. The molecule has 0 spiro atoms. The quantitative estimate of drug-likeness (QED) is 0.618. The minimum Gasteiger partial charge on any atom is -0.469 e. The topological polar surface area (TPSA) is 75.7 Å². The number of ether oxygens (including phenoxy) is 1. The fraction of sp³-hybridized carbons (Fsp3) is 0.857. The van der Waals surface area contributed by atoms with Gasteiger partial charge in [-0.2, -0.15) is 12.7 Å². The van der Waals surface area contributed by atoms with E-state index in [1.807, 2.05) is 0 Å². The monoisotopic (exact) mass is 222 g/mol. The van der Waals surface area contributed by atoms with Gasteiger partial charge >= 0.3 is 5.97 Å². The van der Waals surface area contributed by atoms with Crippen LogP contribution in [-0.2, 0) is 19.7 Å². The van der Waals surface area contributed by atoms with Gasteiger partial charge in [0.05, 0.1) is 13.0 Å². The molecule has 1 N–H and O–H groups in total. The molecule has 1 aliphatic rings. The number of nitrogens with zero attached hydrogens (tertiary/aromatic N) is 1. The van der Waals surface area contributed by atoms with E-state index < -0.39 is 10.2 Å². The number of esters is 1. The van der Waals surface area contributed by atoms with Crippen LogP contribution in [0.2, 0.25) is 0 Å². The summed E-state index contributed by atoms with van der Waals surface area (Å²) >= 11 is 0. The molecular weight excluding hydrogens is 208 g/mol. The number of carbonyl (C=O) groups is 1. The van der Waals surface area contributed by atoms with Crippen LogP contribution in [0.1, 0.15) is 6.42 Å². The van der Waals surface area contributed by atoms with Crippen molar-refractivity contribution in [2.75, 3.05) is 27.2 Å². The van der Waals surface area contributed by atoms with Crippen molar-refractivity contribution in [1.82, 2.24) is 9.03 Å². The molecular formula is C7H14N2O4S. The Hall–Kier alpha value is -0.660. The summed E-state index contributed by atoms with van der Waals surface area (Å²) < 4.78 is 30.6. The molecule has 1 saturated heterocycles. The molecule has 0 aromatic carbocycles. The first-order valence-corrected chi connectivity index (χ1v) is 5.71. The molecule has 1 rings (SSSR count). The van der Waals surface area contributed by atoms with E-state index in [1.165, 1.54) is 18.5 Å². The Balaban J connectivity index is 2.62. The third kappa shape index (κ3) is 2.23. The lowest BCUT2D eigenvalue weighted by molar-refractivity contribution is -0.144. The Morgan fingerprint density at radius 3 is 2.71 bits per heavy atom. The first kappa shape index (κ1) is 11.4. The van der Waals surface area contributed by atoms with Crippen molar-refractivity contribution in [2.24, 2.45) is 5.92 Å². The van der Waals surface area contributed by atoms with Crippen LogP contribution < -0.4 is 4.72 Å². The summed E-state index contributed by atoms with van der Waals surface area (Å²) in [6.45, 7) is 0.568. The summed E-state index contributed by atoms with van der Waals surface area (Å²) in [6, 6.07) is 0. The second kappa shape index (κ2) is 4.24. The normalized spacial score (nSPS) is 23.7. The number of carbonyl (C=O) groups excluding carboxylic acids is 1. The van der Waals surface area contributed by atoms with E-state index in [2.05, 4.69) is 9.46 Å². The number of hydrogen-bond acceptors (Lipinski definition) is 4. The Kier molecular flexibility index (Phi) is 3.46. The molecule has 82 valence electrons. The highest BCUT2D eigenvalue weighted by atomic mass is 32.2. The maximum absolute atomic E-state index is 11.3. The van der Waals surface area contributed by atoms with E-state index in [0.29, 0.717) is 13.0 Å². The number of hydrogen-bond donors (Lipinski definition) is 1. The molecule has 6 nitrogen and oxygen atoms in total. The van der Waals surface area contributed by atoms with E-state index in [-0.39, 0.29) is 18.4 Å². The lowest BCUT2D eigenvalue weighted by Gasteiger charge is -2.14. The molecule has 0 aromatic heterocycles. The Morgan fingerprint density at radius 2 is 2.21 bits per heavy atom. The first-order valence-electron chi connectivity index (χ1n) is 4.27. The fourth-order valence-corrected chi connectivity index (χ4v) is 2.41.